The second kappa shape index (κ2) is 8.24. The first-order valence-electron chi connectivity index (χ1n) is 8.99. The molecule has 0 radical (unpaired) electrons. The SMILES string of the molecule is COc1cc(Nc2ccnc3cc(OC)c(Br)cc23)cc(OC2CCOC2)c1. The minimum absolute atomic E-state index is 0.0742. The Morgan fingerprint density at radius 2 is 1.96 bits per heavy atom. The molecule has 3 aromatic rings. The maximum atomic E-state index is 6.05. The molecule has 1 saturated heterocycles. The first-order valence-corrected chi connectivity index (χ1v) is 9.78. The van der Waals surface area contributed by atoms with E-state index in [1.165, 1.54) is 0 Å². The van der Waals surface area contributed by atoms with Gasteiger partial charge < -0.3 is 24.3 Å². The van der Waals surface area contributed by atoms with Crippen LogP contribution in [0.25, 0.3) is 10.9 Å². The van der Waals surface area contributed by atoms with Crippen molar-refractivity contribution in [1.82, 2.24) is 4.98 Å². The molecule has 4 rings (SSSR count). The molecule has 28 heavy (non-hydrogen) atoms. The normalized spacial score (nSPS) is 16.2. The second-order valence-electron chi connectivity index (χ2n) is 6.49. The average molecular weight is 445 g/mol. The van der Waals surface area contributed by atoms with Crippen LogP contribution in [0.3, 0.4) is 0 Å². The Labute approximate surface area is 171 Å². The molecule has 1 aliphatic rings. The molecule has 1 aromatic heterocycles. The summed E-state index contributed by atoms with van der Waals surface area (Å²) in [5.41, 5.74) is 2.64. The molecule has 1 aliphatic heterocycles. The molecule has 2 aromatic carbocycles. The third kappa shape index (κ3) is 4.00. The molecular formula is C21H21BrN2O4. The van der Waals surface area contributed by atoms with E-state index >= 15 is 0 Å². The summed E-state index contributed by atoms with van der Waals surface area (Å²) in [5.74, 6) is 2.21. The van der Waals surface area contributed by atoms with Gasteiger partial charge in [0.1, 0.15) is 23.4 Å². The van der Waals surface area contributed by atoms with E-state index in [-0.39, 0.29) is 6.10 Å². The summed E-state index contributed by atoms with van der Waals surface area (Å²) < 4.78 is 23.1. The number of nitrogens with zero attached hydrogens (tertiary/aromatic N) is 1. The number of hydrogen-bond donors (Lipinski definition) is 1. The van der Waals surface area contributed by atoms with E-state index in [1.54, 1.807) is 20.4 Å². The van der Waals surface area contributed by atoms with E-state index in [2.05, 4.69) is 26.2 Å². The van der Waals surface area contributed by atoms with E-state index in [1.807, 2.05) is 36.4 Å². The molecule has 1 unspecified atom stereocenters. The van der Waals surface area contributed by atoms with E-state index in [4.69, 9.17) is 18.9 Å². The predicted octanol–water partition coefficient (Wildman–Crippen LogP) is 4.93. The van der Waals surface area contributed by atoms with Gasteiger partial charge in [-0.25, -0.2) is 0 Å². The van der Waals surface area contributed by atoms with Crippen molar-refractivity contribution in [1.29, 1.82) is 0 Å². The molecule has 0 bridgehead atoms. The second-order valence-corrected chi connectivity index (χ2v) is 7.34. The van der Waals surface area contributed by atoms with Crippen molar-refractivity contribution in [3.63, 3.8) is 0 Å². The Bertz CT molecular complexity index is 990. The smallest absolute Gasteiger partial charge is 0.135 e. The van der Waals surface area contributed by atoms with Gasteiger partial charge in [0.05, 0.1) is 37.4 Å². The lowest BCUT2D eigenvalue weighted by Gasteiger charge is -2.16. The van der Waals surface area contributed by atoms with Crippen LogP contribution in [-0.2, 0) is 4.74 Å². The monoisotopic (exact) mass is 444 g/mol. The Morgan fingerprint density at radius 3 is 2.71 bits per heavy atom. The molecule has 0 amide bonds. The molecular weight excluding hydrogens is 424 g/mol. The fraction of sp³-hybridized carbons (Fsp3) is 0.286. The first kappa shape index (κ1) is 18.8. The van der Waals surface area contributed by atoms with Gasteiger partial charge in [0.15, 0.2) is 0 Å². The molecule has 6 nitrogen and oxygen atoms in total. The summed E-state index contributed by atoms with van der Waals surface area (Å²) in [7, 11) is 3.29. The van der Waals surface area contributed by atoms with Crippen molar-refractivity contribution in [2.45, 2.75) is 12.5 Å². The van der Waals surface area contributed by atoms with Gasteiger partial charge >= 0.3 is 0 Å². The van der Waals surface area contributed by atoms with Gasteiger partial charge in [0.2, 0.25) is 0 Å². The lowest BCUT2D eigenvalue weighted by atomic mass is 10.1. The number of hydrogen-bond acceptors (Lipinski definition) is 6. The molecule has 1 fully saturated rings. The third-order valence-electron chi connectivity index (χ3n) is 4.60. The Morgan fingerprint density at radius 1 is 1.11 bits per heavy atom. The lowest BCUT2D eigenvalue weighted by molar-refractivity contribution is 0.141. The van der Waals surface area contributed by atoms with Crippen molar-refractivity contribution < 1.29 is 18.9 Å². The zero-order valence-corrected chi connectivity index (χ0v) is 17.3. The highest BCUT2D eigenvalue weighted by molar-refractivity contribution is 9.10. The lowest BCUT2D eigenvalue weighted by Crippen LogP contribution is -2.15. The van der Waals surface area contributed by atoms with Gasteiger partial charge in [-0.3, -0.25) is 4.98 Å². The van der Waals surface area contributed by atoms with Gasteiger partial charge in [-0.1, -0.05) is 0 Å². The largest absolute Gasteiger partial charge is 0.497 e. The standard InChI is InChI=1S/C21H21BrN2O4/c1-25-15-7-13(8-16(9-15)28-14-4-6-27-12-14)24-19-3-5-23-20-11-21(26-2)18(22)10-17(19)20/h3,5,7-11,14H,4,6,12H2,1-2H3,(H,23,24). The van der Waals surface area contributed by atoms with E-state index in [0.717, 1.165) is 57.0 Å². The number of methoxy groups -OCH3 is 2. The van der Waals surface area contributed by atoms with E-state index in [0.29, 0.717) is 6.61 Å². The summed E-state index contributed by atoms with van der Waals surface area (Å²) in [6.45, 7) is 1.35. The quantitative estimate of drug-likeness (QED) is 0.581. The number of fused-ring (bicyclic) bond motifs is 1. The zero-order valence-electron chi connectivity index (χ0n) is 15.7. The number of nitrogens with one attached hydrogen (secondary N) is 1. The van der Waals surface area contributed by atoms with Crippen molar-refractivity contribution in [3.8, 4) is 17.2 Å². The number of anilines is 2. The summed E-state index contributed by atoms with van der Waals surface area (Å²) in [5, 5.41) is 4.44. The van der Waals surface area contributed by atoms with Crippen LogP contribution >= 0.6 is 15.9 Å². The number of rotatable bonds is 6. The average Bonchev–Trinajstić information content (AvgIpc) is 3.21. The Hall–Kier alpha value is -2.51. The topological polar surface area (TPSA) is 61.8 Å². The van der Waals surface area contributed by atoms with E-state index < -0.39 is 0 Å². The van der Waals surface area contributed by atoms with Gasteiger partial charge in [0.25, 0.3) is 0 Å². The van der Waals surface area contributed by atoms with Crippen LogP contribution in [0.5, 0.6) is 17.2 Å². The summed E-state index contributed by atoms with van der Waals surface area (Å²) in [6.07, 6.45) is 2.74. The molecule has 2 heterocycles. The van der Waals surface area contributed by atoms with Gasteiger partial charge in [-0.15, -0.1) is 0 Å². The van der Waals surface area contributed by atoms with Gasteiger partial charge in [-0.05, 0) is 28.1 Å². The summed E-state index contributed by atoms with van der Waals surface area (Å²) >= 11 is 3.55. The fourth-order valence-electron chi connectivity index (χ4n) is 3.20. The molecule has 0 aliphatic carbocycles. The summed E-state index contributed by atoms with van der Waals surface area (Å²) in [6, 6.07) is 11.6. The van der Waals surface area contributed by atoms with E-state index in [9.17, 15) is 0 Å². The van der Waals surface area contributed by atoms with Crippen LogP contribution < -0.4 is 19.5 Å². The van der Waals surface area contributed by atoms with Crippen LogP contribution in [-0.4, -0.2) is 38.5 Å². The van der Waals surface area contributed by atoms with Crippen LogP contribution in [0.4, 0.5) is 11.4 Å². The van der Waals surface area contributed by atoms with Crippen molar-refractivity contribution in [2.75, 3.05) is 32.8 Å². The Kier molecular flexibility index (Phi) is 5.54. The van der Waals surface area contributed by atoms with Crippen LogP contribution in [0.2, 0.25) is 0 Å². The number of ether oxygens (including phenoxy) is 4. The highest BCUT2D eigenvalue weighted by Crippen LogP contribution is 2.35. The number of halogens is 1. The number of aromatic nitrogens is 1. The number of benzene rings is 2. The minimum atomic E-state index is 0.0742. The van der Waals surface area contributed by atoms with Gasteiger partial charge in [-0.2, -0.15) is 0 Å². The highest BCUT2D eigenvalue weighted by Gasteiger charge is 2.18. The number of pyridine rings is 1. The fourth-order valence-corrected chi connectivity index (χ4v) is 3.70. The van der Waals surface area contributed by atoms with Crippen molar-refractivity contribution in [2.24, 2.45) is 0 Å². The Balaban J connectivity index is 1.67. The molecule has 1 atom stereocenters. The highest BCUT2D eigenvalue weighted by atomic mass is 79.9. The third-order valence-corrected chi connectivity index (χ3v) is 5.22. The molecule has 7 heteroatoms. The maximum absolute atomic E-state index is 6.05. The minimum Gasteiger partial charge on any atom is -0.497 e. The molecule has 1 N–H and O–H groups in total. The van der Waals surface area contributed by atoms with Crippen LogP contribution in [0.1, 0.15) is 6.42 Å². The molecule has 0 saturated carbocycles. The maximum Gasteiger partial charge on any atom is 0.135 e. The van der Waals surface area contributed by atoms with Crippen molar-refractivity contribution >= 4 is 38.2 Å². The van der Waals surface area contributed by atoms with Gasteiger partial charge in [0, 0.05) is 53.6 Å². The molecule has 146 valence electrons. The van der Waals surface area contributed by atoms with Crippen molar-refractivity contribution in [3.05, 3.63) is 47.1 Å². The predicted molar refractivity (Wildman–Crippen MR) is 112 cm³/mol. The molecule has 0 spiro atoms. The zero-order chi connectivity index (χ0) is 19.5. The van der Waals surface area contributed by atoms with Crippen LogP contribution in [0.15, 0.2) is 47.1 Å². The van der Waals surface area contributed by atoms with Crippen LogP contribution in [0, 0.1) is 0 Å². The summed E-state index contributed by atoms with van der Waals surface area (Å²) in [4.78, 5) is 4.45. The first-order chi connectivity index (χ1) is 13.7.